The van der Waals surface area contributed by atoms with Crippen LogP contribution in [0.4, 0.5) is 0 Å². The van der Waals surface area contributed by atoms with Crippen molar-refractivity contribution >= 4 is 48.1 Å². The van der Waals surface area contributed by atoms with E-state index in [4.69, 9.17) is 17.0 Å². The maximum atomic E-state index is 4.93. The van der Waals surface area contributed by atoms with Gasteiger partial charge in [0, 0.05) is 9.52 Å². The average Bonchev–Trinajstić information content (AvgIpc) is 3.81. The molecule has 6 rings (SSSR count). The van der Waals surface area contributed by atoms with Gasteiger partial charge in [0.1, 0.15) is 0 Å². The average molecular weight is 939 g/mol. The molecular formula is C56H76Cl2SiZr. The Kier molecular flexibility index (Phi) is 21.9. The summed E-state index contributed by atoms with van der Waals surface area (Å²) < 4.78 is 0. The number of fused-ring (bicyclic) bond motifs is 2. The van der Waals surface area contributed by atoms with Crippen molar-refractivity contribution in [2.24, 2.45) is 0 Å². The van der Waals surface area contributed by atoms with Crippen molar-refractivity contribution in [3.63, 3.8) is 0 Å². The van der Waals surface area contributed by atoms with E-state index in [1.807, 2.05) is 0 Å². The molecule has 0 N–H and O–H groups in total. The zero-order chi connectivity index (χ0) is 44.8. The number of hydrogen-bond acceptors (Lipinski definition) is 0. The van der Waals surface area contributed by atoms with Gasteiger partial charge in [0.25, 0.3) is 0 Å². The Morgan fingerprint density at radius 3 is 0.983 bits per heavy atom. The first kappa shape index (κ1) is 52.1. The van der Waals surface area contributed by atoms with Crippen LogP contribution in [0, 0.1) is 0 Å². The van der Waals surface area contributed by atoms with Gasteiger partial charge in [0.05, 0.1) is 0 Å². The standard InChI is InChI=1S/2C27H35.C2H6Si.2ClH.Zr/c2*1-8-9-20-12-21-10-11-25(19(6)7)27(26(21)13-20)24-15-22(17(2)3)14-23(16-24)18(4)5;1-3-2;;;/h2*10-19H,8-9H2,1-7H3;1-2H3;2*1H;/q2*-1;;;;+4/p-2. The molecule has 0 aliphatic carbocycles. The predicted molar refractivity (Wildman–Crippen MR) is 272 cm³/mol. The quantitative estimate of drug-likeness (QED) is 0.0847. The van der Waals surface area contributed by atoms with Gasteiger partial charge in [0.2, 0.25) is 0 Å². The molecule has 60 heavy (non-hydrogen) atoms. The van der Waals surface area contributed by atoms with Crippen molar-refractivity contribution in [1.82, 2.24) is 0 Å². The number of halogens is 2. The fraction of sp³-hybridized carbons (Fsp3) is 0.464. The van der Waals surface area contributed by atoms with Gasteiger partial charge < -0.3 is 0 Å². The van der Waals surface area contributed by atoms with E-state index in [0.717, 1.165) is 22.4 Å². The molecule has 6 aromatic carbocycles. The molecule has 0 aliphatic heterocycles. The summed E-state index contributed by atoms with van der Waals surface area (Å²) in [5.74, 6) is 3.19. The van der Waals surface area contributed by atoms with E-state index in [0.29, 0.717) is 35.5 Å². The fourth-order valence-corrected chi connectivity index (χ4v) is 8.17. The summed E-state index contributed by atoms with van der Waals surface area (Å²) >= 11 is -0.826. The van der Waals surface area contributed by atoms with E-state index >= 15 is 0 Å². The van der Waals surface area contributed by atoms with Crippen molar-refractivity contribution in [2.75, 3.05) is 0 Å². The van der Waals surface area contributed by atoms with Crippen LogP contribution in [0.3, 0.4) is 0 Å². The zero-order valence-electron chi connectivity index (χ0n) is 40.1. The van der Waals surface area contributed by atoms with Crippen LogP contribution in [0.15, 0.2) is 84.9 Å². The second-order valence-electron chi connectivity index (χ2n) is 18.6. The van der Waals surface area contributed by atoms with Crippen LogP contribution in [0.5, 0.6) is 0 Å². The van der Waals surface area contributed by atoms with Crippen molar-refractivity contribution in [3.05, 3.63) is 129 Å². The van der Waals surface area contributed by atoms with Gasteiger partial charge in [-0.3, -0.25) is 0 Å². The summed E-state index contributed by atoms with van der Waals surface area (Å²) in [7, 11) is 11.0. The molecule has 0 aromatic heterocycles. The van der Waals surface area contributed by atoms with Gasteiger partial charge in [-0.2, -0.15) is 12.1 Å². The molecule has 0 heterocycles. The summed E-state index contributed by atoms with van der Waals surface area (Å²) in [6.45, 7) is 36.5. The number of rotatable bonds is 12. The summed E-state index contributed by atoms with van der Waals surface area (Å²) in [5, 5.41) is 5.64. The third kappa shape index (κ3) is 13.9. The third-order valence-corrected chi connectivity index (χ3v) is 11.5. The third-order valence-electron chi connectivity index (χ3n) is 11.5. The number of aryl methyl sites for hydroxylation is 2. The van der Waals surface area contributed by atoms with Crippen molar-refractivity contribution in [3.8, 4) is 22.3 Å². The number of benzene rings is 4. The molecule has 2 radical (unpaired) electrons. The molecule has 0 amide bonds. The molecule has 0 saturated carbocycles. The SMILES string of the molecule is CCCc1cc2c(-c3cc(C(C)C)cc(C(C)C)c3)c(C(C)C)ccc2[cH-]1.CCCc1cc2c(-c3cc(C(C)C)cc(C(C)C)c3)c(C(C)C)ccc2[cH-]1.C[Si]C.[Cl][Zr+2][Cl]. The van der Waals surface area contributed by atoms with Crippen molar-refractivity contribution < 1.29 is 20.8 Å². The first-order valence-electron chi connectivity index (χ1n) is 22.8. The van der Waals surface area contributed by atoms with E-state index in [9.17, 15) is 0 Å². The van der Waals surface area contributed by atoms with Crippen LogP contribution in [0.2, 0.25) is 13.1 Å². The number of hydrogen-bond donors (Lipinski definition) is 0. The van der Waals surface area contributed by atoms with E-state index in [2.05, 4.69) is 195 Å². The minimum absolute atomic E-state index is 0.513. The first-order valence-corrected chi connectivity index (χ1v) is 31.1. The maximum absolute atomic E-state index is 4.93. The second kappa shape index (κ2) is 25.2. The van der Waals surface area contributed by atoms with Crippen molar-refractivity contribution in [2.45, 2.75) is 171 Å². The van der Waals surface area contributed by atoms with E-state index in [1.54, 1.807) is 0 Å². The first-order chi connectivity index (χ1) is 28.5. The second-order valence-corrected chi connectivity index (χ2v) is 23.3. The van der Waals surface area contributed by atoms with Gasteiger partial charge in [-0.25, -0.2) is 0 Å². The minimum atomic E-state index is -0.826. The Labute approximate surface area is 388 Å². The monoisotopic (exact) mass is 936 g/mol. The summed E-state index contributed by atoms with van der Waals surface area (Å²) in [6.07, 6.45) is 4.72. The molecule has 0 fully saturated rings. The summed E-state index contributed by atoms with van der Waals surface area (Å²) in [5.41, 5.74) is 17.4. The van der Waals surface area contributed by atoms with Crippen LogP contribution in [-0.2, 0) is 33.7 Å². The predicted octanol–water partition coefficient (Wildman–Crippen LogP) is 19.3. The van der Waals surface area contributed by atoms with Gasteiger partial charge >= 0.3 is 37.9 Å². The Balaban J connectivity index is 0.000000283. The molecule has 0 aliphatic rings. The molecule has 4 heteroatoms. The topological polar surface area (TPSA) is 0 Å². The van der Waals surface area contributed by atoms with E-state index in [-0.39, 0.29) is 0 Å². The fourth-order valence-electron chi connectivity index (χ4n) is 8.17. The zero-order valence-corrected chi connectivity index (χ0v) is 45.1. The molecule has 0 bridgehead atoms. The normalized spacial score (nSPS) is 11.3. The van der Waals surface area contributed by atoms with E-state index < -0.39 is 20.8 Å². The Morgan fingerprint density at radius 2 is 0.750 bits per heavy atom. The van der Waals surface area contributed by atoms with Crippen molar-refractivity contribution in [1.29, 1.82) is 0 Å². The van der Waals surface area contributed by atoms with Gasteiger partial charge in [-0.05, 0) is 81.7 Å². The Morgan fingerprint density at radius 1 is 0.467 bits per heavy atom. The van der Waals surface area contributed by atoms with Gasteiger partial charge in [0.15, 0.2) is 0 Å². The van der Waals surface area contributed by atoms with Crippen LogP contribution in [0.1, 0.15) is 190 Å². The van der Waals surface area contributed by atoms with Crippen LogP contribution in [0.25, 0.3) is 43.8 Å². The van der Waals surface area contributed by atoms with Crippen LogP contribution < -0.4 is 0 Å². The molecular weight excluding hydrogens is 863 g/mol. The summed E-state index contributed by atoms with van der Waals surface area (Å²) in [4.78, 5) is 0. The molecule has 0 atom stereocenters. The molecule has 0 spiro atoms. The Bertz CT molecular complexity index is 2000. The molecule has 6 aromatic rings. The summed E-state index contributed by atoms with van der Waals surface area (Å²) in [6, 6.07) is 33.6. The van der Waals surface area contributed by atoms with Crippen LogP contribution in [-0.4, -0.2) is 9.52 Å². The van der Waals surface area contributed by atoms with Crippen LogP contribution >= 0.6 is 17.0 Å². The van der Waals surface area contributed by atoms with E-state index in [1.165, 1.54) is 101 Å². The molecule has 0 nitrogen and oxygen atoms in total. The Hall–Kier alpha value is -2.22. The van der Waals surface area contributed by atoms with Gasteiger partial charge in [-0.15, -0.1) is 69.1 Å². The van der Waals surface area contributed by atoms with Gasteiger partial charge in [-0.1, -0.05) is 182 Å². The molecule has 0 saturated heterocycles. The molecule has 322 valence electrons. The molecule has 0 unspecified atom stereocenters.